The lowest BCUT2D eigenvalue weighted by Gasteiger charge is -2.24. The van der Waals surface area contributed by atoms with E-state index in [0.717, 1.165) is 11.3 Å². The average Bonchev–Trinajstić information content (AvgIpc) is 3.45. The molecule has 4 rings (SSSR count). The number of likely N-dealkylation sites (N-methyl/N-ethyl adjacent to an activating group) is 1. The van der Waals surface area contributed by atoms with E-state index in [4.69, 9.17) is 14.2 Å². The van der Waals surface area contributed by atoms with Gasteiger partial charge in [0.15, 0.2) is 0 Å². The normalized spacial score (nSPS) is 14.6. The van der Waals surface area contributed by atoms with E-state index in [2.05, 4.69) is 10.6 Å². The van der Waals surface area contributed by atoms with Crippen LogP contribution in [0.4, 0.5) is 21.9 Å². The molecule has 0 spiro atoms. The van der Waals surface area contributed by atoms with Gasteiger partial charge in [-0.05, 0) is 81.8 Å². The lowest BCUT2D eigenvalue weighted by atomic mass is 10.1. The van der Waals surface area contributed by atoms with Crippen LogP contribution in [0.1, 0.15) is 53.5 Å². The lowest BCUT2D eigenvalue weighted by molar-refractivity contribution is 0.0275. The molecule has 3 amide bonds. The van der Waals surface area contributed by atoms with Gasteiger partial charge in [-0.2, -0.15) is 0 Å². The summed E-state index contributed by atoms with van der Waals surface area (Å²) in [5.74, 6) is -0.0211. The van der Waals surface area contributed by atoms with Crippen molar-refractivity contribution in [2.45, 2.75) is 45.8 Å². The first kappa shape index (κ1) is 32.3. The van der Waals surface area contributed by atoms with Crippen LogP contribution in [-0.2, 0) is 9.47 Å². The predicted molar refractivity (Wildman–Crippen MR) is 172 cm³/mol. The molecule has 0 aromatic heterocycles. The topological polar surface area (TPSA) is 109 Å². The fourth-order valence-electron chi connectivity index (χ4n) is 4.69. The van der Waals surface area contributed by atoms with Crippen molar-refractivity contribution in [1.82, 2.24) is 4.90 Å². The van der Waals surface area contributed by atoms with Gasteiger partial charge in [-0.25, -0.2) is 4.79 Å². The molecule has 2 N–H and O–H groups in total. The molecule has 1 aliphatic heterocycles. The molecule has 1 aliphatic rings. The number of methoxy groups -OCH3 is 1. The van der Waals surface area contributed by atoms with Crippen molar-refractivity contribution in [1.29, 1.82) is 0 Å². The highest BCUT2D eigenvalue weighted by Crippen LogP contribution is 2.25. The number of aryl methyl sites for hydroxylation is 1. The third-order valence-corrected chi connectivity index (χ3v) is 7.12. The maximum Gasteiger partial charge on any atom is 0.410 e. The van der Waals surface area contributed by atoms with Crippen LogP contribution in [-0.4, -0.2) is 74.9 Å². The quantitative estimate of drug-likeness (QED) is 0.294. The molecular formula is C34H42N4O6. The molecule has 234 valence electrons. The van der Waals surface area contributed by atoms with Gasteiger partial charge in [-0.3, -0.25) is 9.59 Å². The maximum atomic E-state index is 13.2. The number of rotatable bonds is 10. The third-order valence-electron chi connectivity index (χ3n) is 7.12. The summed E-state index contributed by atoms with van der Waals surface area (Å²) in [7, 11) is 3.60. The Labute approximate surface area is 259 Å². The first-order valence-electron chi connectivity index (χ1n) is 14.7. The highest BCUT2D eigenvalue weighted by Gasteiger charge is 2.31. The Hall–Kier alpha value is -4.57. The molecule has 1 heterocycles. The molecule has 0 saturated carbocycles. The summed E-state index contributed by atoms with van der Waals surface area (Å²) in [6.07, 6.45) is 0.113. The number of hydrogen-bond donors (Lipinski definition) is 2. The molecule has 1 atom stereocenters. The molecule has 0 bridgehead atoms. The molecule has 10 heteroatoms. The second-order valence-corrected chi connectivity index (χ2v) is 11.9. The molecule has 44 heavy (non-hydrogen) atoms. The van der Waals surface area contributed by atoms with Crippen LogP contribution in [0.25, 0.3) is 0 Å². The van der Waals surface area contributed by atoms with Crippen LogP contribution in [0.2, 0.25) is 0 Å². The monoisotopic (exact) mass is 602 g/mol. The van der Waals surface area contributed by atoms with Crippen molar-refractivity contribution < 1.29 is 28.6 Å². The molecule has 3 aromatic rings. The molecule has 1 saturated heterocycles. The molecule has 0 radical (unpaired) electrons. The van der Waals surface area contributed by atoms with Crippen LogP contribution in [0, 0.1) is 6.92 Å². The number of carbonyl (C=O) groups is 3. The van der Waals surface area contributed by atoms with Gasteiger partial charge in [0.2, 0.25) is 0 Å². The minimum atomic E-state index is -0.561. The van der Waals surface area contributed by atoms with E-state index < -0.39 is 5.60 Å². The van der Waals surface area contributed by atoms with Gasteiger partial charge < -0.3 is 34.6 Å². The number of nitrogens with zero attached hydrogens (tertiary/aromatic N) is 2. The maximum absolute atomic E-state index is 13.2. The van der Waals surface area contributed by atoms with E-state index in [1.54, 1.807) is 54.5 Å². The Kier molecular flexibility index (Phi) is 10.5. The van der Waals surface area contributed by atoms with Crippen molar-refractivity contribution in [2.75, 3.05) is 55.9 Å². The first-order chi connectivity index (χ1) is 20.9. The Morgan fingerprint density at radius 2 is 1.66 bits per heavy atom. The molecule has 10 nitrogen and oxygen atoms in total. The fraction of sp³-hybridized carbons (Fsp3) is 0.382. The smallest absolute Gasteiger partial charge is 0.410 e. The number of likely N-dealkylation sites (tertiary alicyclic amines) is 1. The van der Waals surface area contributed by atoms with E-state index in [1.807, 2.05) is 63.9 Å². The number of anilines is 3. The Morgan fingerprint density at radius 1 is 0.955 bits per heavy atom. The zero-order chi connectivity index (χ0) is 31.9. The number of nitrogens with one attached hydrogen (secondary N) is 2. The largest absolute Gasteiger partial charge is 0.488 e. The van der Waals surface area contributed by atoms with Gasteiger partial charge in [0.1, 0.15) is 17.5 Å². The van der Waals surface area contributed by atoms with E-state index in [9.17, 15) is 14.4 Å². The number of benzene rings is 3. The van der Waals surface area contributed by atoms with Gasteiger partial charge in [0.05, 0.1) is 13.2 Å². The van der Waals surface area contributed by atoms with Gasteiger partial charge in [0.25, 0.3) is 11.8 Å². The zero-order valence-electron chi connectivity index (χ0n) is 26.3. The van der Waals surface area contributed by atoms with Gasteiger partial charge in [0, 0.05) is 61.9 Å². The fourth-order valence-corrected chi connectivity index (χ4v) is 4.69. The summed E-state index contributed by atoms with van der Waals surface area (Å²) in [6, 6.07) is 19.7. The average molecular weight is 603 g/mol. The molecule has 1 unspecified atom stereocenters. The number of carbonyl (C=O) groups excluding carboxylic acids is 3. The van der Waals surface area contributed by atoms with Crippen molar-refractivity contribution >= 4 is 35.0 Å². The number of ether oxygens (including phenoxy) is 3. The SMILES string of the molecule is COCCN(C)c1cccc(C(=O)Nc2ccc(C)c(NC(=O)c3cccc(OC4CCN(C(=O)OC(C)(C)C)C4)c3)c2)c1. The van der Waals surface area contributed by atoms with Crippen molar-refractivity contribution in [3.8, 4) is 5.75 Å². The summed E-state index contributed by atoms with van der Waals surface area (Å²) in [5, 5.41) is 5.89. The minimum absolute atomic E-state index is 0.199. The lowest BCUT2D eigenvalue weighted by Crippen LogP contribution is -2.36. The molecule has 3 aromatic carbocycles. The van der Waals surface area contributed by atoms with Crippen LogP contribution in [0.5, 0.6) is 5.75 Å². The number of hydrogen-bond acceptors (Lipinski definition) is 7. The molecule has 1 fully saturated rings. The minimum Gasteiger partial charge on any atom is -0.488 e. The van der Waals surface area contributed by atoms with Crippen LogP contribution >= 0.6 is 0 Å². The van der Waals surface area contributed by atoms with Crippen LogP contribution in [0.3, 0.4) is 0 Å². The molecular weight excluding hydrogens is 560 g/mol. The second kappa shape index (κ2) is 14.3. The number of amides is 3. The summed E-state index contributed by atoms with van der Waals surface area (Å²) >= 11 is 0. The van der Waals surface area contributed by atoms with Crippen LogP contribution in [0.15, 0.2) is 66.7 Å². The molecule has 0 aliphatic carbocycles. The summed E-state index contributed by atoms with van der Waals surface area (Å²) in [4.78, 5) is 42.3. The summed E-state index contributed by atoms with van der Waals surface area (Å²) in [6.45, 7) is 9.64. The van der Waals surface area contributed by atoms with Crippen molar-refractivity contribution in [3.05, 3.63) is 83.4 Å². The predicted octanol–water partition coefficient (Wildman–Crippen LogP) is 5.97. The second-order valence-electron chi connectivity index (χ2n) is 11.9. The van der Waals surface area contributed by atoms with E-state index >= 15 is 0 Å². The van der Waals surface area contributed by atoms with Gasteiger partial charge in [-0.1, -0.05) is 18.2 Å². The summed E-state index contributed by atoms with van der Waals surface area (Å²) < 4.78 is 16.7. The van der Waals surface area contributed by atoms with Crippen molar-refractivity contribution in [3.63, 3.8) is 0 Å². The highest BCUT2D eigenvalue weighted by atomic mass is 16.6. The van der Waals surface area contributed by atoms with Gasteiger partial charge in [-0.15, -0.1) is 0 Å². The van der Waals surface area contributed by atoms with Crippen LogP contribution < -0.4 is 20.3 Å². The Bertz CT molecular complexity index is 1480. The van der Waals surface area contributed by atoms with E-state index in [1.165, 1.54) is 0 Å². The Balaban J connectivity index is 1.37. The van der Waals surface area contributed by atoms with E-state index in [0.29, 0.717) is 60.9 Å². The van der Waals surface area contributed by atoms with Crippen molar-refractivity contribution in [2.24, 2.45) is 0 Å². The Morgan fingerprint density at radius 3 is 2.39 bits per heavy atom. The summed E-state index contributed by atoms with van der Waals surface area (Å²) in [5.41, 5.74) is 3.27. The first-order valence-corrected chi connectivity index (χ1v) is 14.7. The third kappa shape index (κ3) is 8.97. The standard InChI is InChI=1S/C34H42N4O6/c1-23-13-14-26(35-31(39)24-9-7-11-27(19-24)37(5)17-18-42-6)21-30(23)36-32(40)25-10-8-12-28(20-25)43-29-15-16-38(22-29)33(41)44-34(2,3)4/h7-14,19-21,29H,15-18,22H2,1-6H3,(H,35,39)(H,36,40). The highest BCUT2D eigenvalue weighted by molar-refractivity contribution is 6.07. The van der Waals surface area contributed by atoms with E-state index in [-0.39, 0.29) is 24.0 Å². The zero-order valence-corrected chi connectivity index (χ0v) is 26.3. The van der Waals surface area contributed by atoms with Gasteiger partial charge >= 0.3 is 6.09 Å².